The molecule has 0 aliphatic rings. The number of fused-ring (bicyclic) bond motifs is 1. The minimum Gasteiger partial charge on any atom is -0.370 e. The van der Waals surface area contributed by atoms with Crippen molar-refractivity contribution in [1.82, 2.24) is 19.9 Å². The highest BCUT2D eigenvalue weighted by molar-refractivity contribution is 9.10. The number of unbranched alkanes of at least 4 members (excludes halogenated alkanes) is 1. The number of urea groups is 1. The number of amides is 2. The second-order valence-corrected chi connectivity index (χ2v) is 9.20. The van der Waals surface area contributed by atoms with Gasteiger partial charge in [-0.1, -0.05) is 29.8 Å². The molecule has 0 aliphatic heterocycles. The van der Waals surface area contributed by atoms with E-state index >= 15 is 0 Å². The molecule has 4 aromatic rings. The van der Waals surface area contributed by atoms with Crippen molar-refractivity contribution in [3.8, 4) is 11.3 Å². The average molecular weight is 600 g/mol. The van der Waals surface area contributed by atoms with E-state index in [2.05, 4.69) is 42.0 Å². The molecule has 0 unspecified atom stereocenters. The Hall–Kier alpha value is -3.38. The number of hydrogen-bond donors (Lipinski definition) is 3. The number of aromatic nitrogens is 3. The van der Waals surface area contributed by atoms with Crippen LogP contribution < -0.4 is 16.0 Å². The van der Waals surface area contributed by atoms with Gasteiger partial charge in [0.25, 0.3) is 0 Å². The van der Waals surface area contributed by atoms with Crippen LogP contribution in [0.5, 0.6) is 0 Å². The Morgan fingerprint density at radius 2 is 1.84 bits per heavy atom. The molecule has 0 fully saturated rings. The summed E-state index contributed by atoms with van der Waals surface area (Å²) in [5, 5.41) is 13.1. The number of nitrogens with zero attached hydrogens (tertiary/aromatic N) is 3. The lowest BCUT2D eigenvalue weighted by Gasteiger charge is -2.12. The van der Waals surface area contributed by atoms with Gasteiger partial charge in [0.15, 0.2) is 5.65 Å². The van der Waals surface area contributed by atoms with Crippen molar-refractivity contribution in [2.75, 3.05) is 23.7 Å². The van der Waals surface area contributed by atoms with Gasteiger partial charge in [-0.3, -0.25) is 0 Å². The summed E-state index contributed by atoms with van der Waals surface area (Å²) >= 11 is 9.80. The number of carbonyl (C=O) groups is 1. The molecule has 194 valence electrons. The van der Waals surface area contributed by atoms with E-state index in [4.69, 9.17) is 11.6 Å². The average Bonchev–Trinajstić information content (AvgIpc) is 3.22. The highest BCUT2D eigenvalue weighted by atomic mass is 79.9. The molecule has 0 saturated carbocycles. The van der Waals surface area contributed by atoms with E-state index in [0.717, 1.165) is 16.1 Å². The number of nitrogens with one attached hydrogen (secondary N) is 3. The predicted molar refractivity (Wildman–Crippen MR) is 137 cm³/mol. The summed E-state index contributed by atoms with van der Waals surface area (Å²) in [6.45, 7) is 0.833. The fourth-order valence-corrected chi connectivity index (χ4v) is 4.11. The second-order valence-electron chi connectivity index (χ2n) is 7.94. The van der Waals surface area contributed by atoms with E-state index in [1.54, 1.807) is 16.8 Å². The summed E-state index contributed by atoms with van der Waals surface area (Å²) in [4.78, 5) is 16.7. The summed E-state index contributed by atoms with van der Waals surface area (Å²) in [6.07, 6.45) is -1.95. The lowest BCUT2D eigenvalue weighted by atomic mass is 10.1. The molecule has 2 heterocycles. The number of benzene rings is 2. The molecular weight excluding hydrogens is 580 g/mol. The molecule has 13 heteroatoms. The van der Waals surface area contributed by atoms with Crippen LogP contribution in [0.15, 0.2) is 59.2 Å². The van der Waals surface area contributed by atoms with Crippen molar-refractivity contribution < 1.29 is 22.4 Å². The molecule has 37 heavy (non-hydrogen) atoms. The van der Waals surface area contributed by atoms with Gasteiger partial charge in [-0.25, -0.2) is 14.2 Å². The molecule has 4 rings (SSSR count). The van der Waals surface area contributed by atoms with E-state index in [0.29, 0.717) is 53.7 Å². The zero-order valence-electron chi connectivity index (χ0n) is 19.0. The second kappa shape index (κ2) is 11.3. The van der Waals surface area contributed by atoms with Gasteiger partial charge in [-0.05, 0) is 53.0 Å². The van der Waals surface area contributed by atoms with Crippen molar-refractivity contribution in [2.24, 2.45) is 0 Å². The Morgan fingerprint density at radius 1 is 1.08 bits per heavy atom. The molecule has 0 spiro atoms. The maximum atomic E-state index is 13.4. The number of anilines is 2. The molecule has 2 aromatic carbocycles. The Labute approximate surface area is 222 Å². The Kier molecular flexibility index (Phi) is 8.18. The van der Waals surface area contributed by atoms with Gasteiger partial charge in [0.05, 0.1) is 21.9 Å². The first-order valence-corrected chi connectivity index (χ1v) is 12.3. The smallest absolute Gasteiger partial charge is 0.370 e. The highest BCUT2D eigenvalue weighted by Crippen LogP contribution is 2.33. The van der Waals surface area contributed by atoms with E-state index in [9.17, 15) is 22.4 Å². The third-order valence-corrected chi connectivity index (χ3v) is 6.19. The lowest BCUT2D eigenvalue weighted by molar-refractivity contribution is -0.139. The van der Waals surface area contributed by atoms with Crippen LogP contribution in [0.3, 0.4) is 0 Å². The third-order valence-electron chi connectivity index (χ3n) is 5.30. The predicted octanol–water partition coefficient (Wildman–Crippen LogP) is 6.98. The van der Waals surface area contributed by atoms with Crippen LogP contribution >= 0.6 is 27.5 Å². The number of rotatable bonds is 8. The van der Waals surface area contributed by atoms with Crippen molar-refractivity contribution in [3.05, 3.63) is 75.6 Å². The number of halogens is 6. The van der Waals surface area contributed by atoms with E-state index in [1.807, 2.05) is 24.3 Å². The zero-order chi connectivity index (χ0) is 26.6. The summed E-state index contributed by atoms with van der Waals surface area (Å²) in [7, 11) is 0. The Balaban J connectivity index is 1.30. The molecule has 0 radical (unpaired) electrons. The third kappa shape index (κ3) is 6.50. The fourth-order valence-electron chi connectivity index (χ4n) is 3.53. The highest BCUT2D eigenvalue weighted by Gasteiger charge is 2.34. The van der Waals surface area contributed by atoms with Crippen LogP contribution in [-0.4, -0.2) is 33.7 Å². The van der Waals surface area contributed by atoms with Crippen molar-refractivity contribution in [2.45, 2.75) is 19.0 Å². The molecule has 0 bridgehead atoms. The monoisotopic (exact) mass is 598 g/mol. The molecule has 0 aliphatic carbocycles. The van der Waals surface area contributed by atoms with Crippen LogP contribution in [0.25, 0.3) is 16.9 Å². The molecule has 7 nitrogen and oxygen atoms in total. The summed E-state index contributed by atoms with van der Waals surface area (Å²) < 4.78 is 54.3. The van der Waals surface area contributed by atoms with Crippen molar-refractivity contribution in [1.29, 1.82) is 0 Å². The Bertz CT molecular complexity index is 1430. The summed E-state index contributed by atoms with van der Waals surface area (Å²) in [6, 6.07) is 10.8. The van der Waals surface area contributed by atoms with Crippen LogP contribution in [0.4, 0.5) is 33.9 Å². The normalized spacial score (nSPS) is 11.5. The number of hydrogen-bond acceptors (Lipinski definition) is 4. The largest absolute Gasteiger partial charge is 0.419 e. The van der Waals surface area contributed by atoms with Gasteiger partial charge in [0.2, 0.25) is 0 Å². The SMILES string of the molecule is O=C(NCCCCNc1cc(-c2ccccc2Cl)nc2c(Br)cnn12)Nc1ccc(F)c(C(F)(F)F)c1. The van der Waals surface area contributed by atoms with Gasteiger partial charge in [-0.15, -0.1) is 0 Å². The fraction of sp³-hybridized carbons (Fsp3) is 0.208. The first-order valence-electron chi connectivity index (χ1n) is 11.1. The topological polar surface area (TPSA) is 83.3 Å². The molecule has 0 saturated heterocycles. The first-order chi connectivity index (χ1) is 17.6. The van der Waals surface area contributed by atoms with Gasteiger partial charge in [-0.2, -0.15) is 22.8 Å². The van der Waals surface area contributed by atoms with Crippen LogP contribution in [0, 0.1) is 5.82 Å². The van der Waals surface area contributed by atoms with E-state index in [1.165, 1.54) is 0 Å². The van der Waals surface area contributed by atoms with Crippen LogP contribution in [0.2, 0.25) is 5.02 Å². The quantitative estimate of drug-likeness (QED) is 0.151. The maximum absolute atomic E-state index is 13.4. The zero-order valence-corrected chi connectivity index (χ0v) is 21.4. The van der Waals surface area contributed by atoms with Crippen LogP contribution in [-0.2, 0) is 6.18 Å². The Morgan fingerprint density at radius 3 is 2.59 bits per heavy atom. The molecule has 2 amide bonds. The first kappa shape index (κ1) is 26.7. The molecule has 2 aromatic heterocycles. The van der Waals surface area contributed by atoms with Gasteiger partial charge < -0.3 is 16.0 Å². The van der Waals surface area contributed by atoms with Gasteiger partial charge in [0, 0.05) is 35.4 Å². The maximum Gasteiger partial charge on any atom is 0.419 e. The van der Waals surface area contributed by atoms with E-state index < -0.39 is 23.6 Å². The standard InChI is InChI=1S/C24H20BrClF4N6O/c25-17-13-33-36-21(12-20(35-22(17)36)15-5-1-2-6-18(15)26)31-9-3-4-10-32-23(37)34-14-7-8-19(27)16(11-14)24(28,29)30/h1-2,5-8,11-13,31H,3-4,9-10H2,(H2,32,34,37). The molecule has 0 atom stereocenters. The van der Waals surface area contributed by atoms with Crippen LogP contribution in [0.1, 0.15) is 18.4 Å². The number of carbonyl (C=O) groups excluding carboxylic acids is 1. The lowest BCUT2D eigenvalue weighted by Crippen LogP contribution is -2.30. The van der Waals surface area contributed by atoms with E-state index in [-0.39, 0.29) is 12.2 Å². The minimum absolute atomic E-state index is 0.158. The van der Waals surface area contributed by atoms with Gasteiger partial charge in [0.1, 0.15) is 11.6 Å². The van der Waals surface area contributed by atoms with Gasteiger partial charge >= 0.3 is 12.2 Å². The molecular formula is C24H20BrClF4N6O. The minimum atomic E-state index is -4.86. The molecule has 3 N–H and O–H groups in total. The number of alkyl halides is 3. The van der Waals surface area contributed by atoms with Crippen molar-refractivity contribution in [3.63, 3.8) is 0 Å². The summed E-state index contributed by atoms with van der Waals surface area (Å²) in [5.41, 5.74) is 0.474. The summed E-state index contributed by atoms with van der Waals surface area (Å²) in [5.74, 6) is -0.702. The van der Waals surface area contributed by atoms with Crippen molar-refractivity contribution >= 4 is 50.7 Å².